The molecule has 1 aliphatic rings. The van der Waals surface area contributed by atoms with E-state index in [0.29, 0.717) is 17.0 Å². The van der Waals surface area contributed by atoms with Gasteiger partial charge >= 0.3 is 0 Å². The van der Waals surface area contributed by atoms with Crippen molar-refractivity contribution in [1.82, 2.24) is 10.5 Å². The van der Waals surface area contributed by atoms with Crippen LogP contribution in [0.15, 0.2) is 4.52 Å². The monoisotopic (exact) mass is 238 g/mol. The van der Waals surface area contributed by atoms with Crippen molar-refractivity contribution in [2.24, 2.45) is 0 Å². The van der Waals surface area contributed by atoms with Crippen LogP contribution < -0.4 is 5.32 Å². The molecule has 0 aromatic carbocycles. The summed E-state index contributed by atoms with van der Waals surface area (Å²) in [5, 5.41) is 15.9. The Kier molecular flexibility index (Phi) is 2.95. The Morgan fingerprint density at radius 3 is 2.71 bits per heavy atom. The minimum atomic E-state index is -0.408. The fourth-order valence-corrected chi connectivity index (χ4v) is 1.83. The molecule has 0 unspecified atom stereocenters. The molecule has 94 valence electrons. The summed E-state index contributed by atoms with van der Waals surface area (Å²) in [6, 6.07) is 0. The Labute approximate surface area is 100 Å². The summed E-state index contributed by atoms with van der Waals surface area (Å²) in [5.41, 5.74) is 0.703. The third kappa shape index (κ3) is 2.20. The lowest BCUT2D eigenvalue weighted by atomic mass is 10.0. The summed E-state index contributed by atoms with van der Waals surface area (Å²) in [4.78, 5) is 12.1. The summed E-state index contributed by atoms with van der Waals surface area (Å²) >= 11 is 0. The topological polar surface area (TPSA) is 75.4 Å². The summed E-state index contributed by atoms with van der Waals surface area (Å²) in [7, 11) is 0. The zero-order valence-corrected chi connectivity index (χ0v) is 10.4. The van der Waals surface area contributed by atoms with Crippen LogP contribution in [0.2, 0.25) is 0 Å². The largest absolute Gasteiger partial charge is 0.394 e. The number of aliphatic hydroxyl groups is 1. The van der Waals surface area contributed by atoms with Gasteiger partial charge in [0.2, 0.25) is 0 Å². The van der Waals surface area contributed by atoms with Gasteiger partial charge in [0.05, 0.1) is 17.8 Å². The third-order valence-electron chi connectivity index (χ3n) is 3.18. The Balaban J connectivity index is 2.21. The van der Waals surface area contributed by atoms with E-state index >= 15 is 0 Å². The molecule has 0 saturated heterocycles. The second-order valence-electron chi connectivity index (χ2n) is 5.05. The van der Waals surface area contributed by atoms with Crippen molar-refractivity contribution in [2.45, 2.75) is 45.1 Å². The van der Waals surface area contributed by atoms with Gasteiger partial charge in [-0.25, -0.2) is 0 Å². The number of hydrogen-bond acceptors (Lipinski definition) is 4. The Morgan fingerprint density at radius 2 is 2.24 bits per heavy atom. The van der Waals surface area contributed by atoms with Gasteiger partial charge in [0.1, 0.15) is 5.56 Å². The minimum absolute atomic E-state index is 0.0138. The molecule has 0 radical (unpaired) electrons. The van der Waals surface area contributed by atoms with Crippen LogP contribution in [0.25, 0.3) is 0 Å². The SMILES string of the molecule is Cc1noc(C(C)C)c1C(=O)NC1(CO)CC1. The van der Waals surface area contributed by atoms with E-state index in [0.717, 1.165) is 12.8 Å². The molecule has 5 heteroatoms. The molecule has 0 spiro atoms. The van der Waals surface area contributed by atoms with Gasteiger partial charge in [-0.3, -0.25) is 4.79 Å². The Hall–Kier alpha value is -1.36. The highest BCUT2D eigenvalue weighted by molar-refractivity contribution is 5.97. The second-order valence-corrected chi connectivity index (χ2v) is 5.05. The molecule has 1 aromatic rings. The van der Waals surface area contributed by atoms with Crippen molar-refractivity contribution in [2.75, 3.05) is 6.61 Å². The maximum absolute atomic E-state index is 12.1. The molecule has 17 heavy (non-hydrogen) atoms. The molecule has 0 atom stereocenters. The van der Waals surface area contributed by atoms with Crippen LogP contribution in [0, 0.1) is 6.92 Å². The Morgan fingerprint density at radius 1 is 1.59 bits per heavy atom. The van der Waals surface area contributed by atoms with Crippen molar-refractivity contribution in [1.29, 1.82) is 0 Å². The van der Waals surface area contributed by atoms with Crippen LogP contribution in [-0.2, 0) is 0 Å². The maximum Gasteiger partial charge on any atom is 0.257 e. The number of rotatable bonds is 4. The van der Waals surface area contributed by atoms with Gasteiger partial charge in [0.15, 0.2) is 5.76 Å². The minimum Gasteiger partial charge on any atom is -0.394 e. The lowest BCUT2D eigenvalue weighted by Crippen LogP contribution is -2.40. The zero-order chi connectivity index (χ0) is 12.6. The van der Waals surface area contributed by atoms with Gasteiger partial charge in [-0.05, 0) is 19.8 Å². The van der Waals surface area contributed by atoms with Gasteiger partial charge in [-0.1, -0.05) is 19.0 Å². The number of aliphatic hydroxyl groups excluding tert-OH is 1. The highest BCUT2D eigenvalue weighted by Crippen LogP contribution is 2.35. The van der Waals surface area contributed by atoms with Gasteiger partial charge < -0.3 is 14.9 Å². The first-order valence-electron chi connectivity index (χ1n) is 5.88. The van der Waals surface area contributed by atoms with Crippen molar-refractivity contribution in [3.63, 3.8) is 0 Å². The number of hydrogen-bond donors (Lipinski definition) is 2. The zero-order valence-electron chi connectivity index (χ0n) is 10.4. The third-order valence-corrected chi connectivity index (χ3v) is 3.18. The van der Waals surface area contributed by atoms with Crippen molar-refractivity contribution in [3.8, 4) is 0 Å². The first-order valence-corrected chi connectivity index (χ1v) is 5.88. The van der Waals surface area contributed by atoms with Gasteiger partial charge in [0, 0.05) is 5.92 Å². The molecule has 1 saturated carbocycles. The quantitative estimate of drug-likeness (QED) is 0.830. The number of carbonyl (C=O) groups is 1. The van der Waals surface area contributed by atoms with Gasteiger partial charge in [-0.15, -0.1) is 0 Å². The standard InChI is InChI=1S/C12H18N2O3/c1-7(2)10-9(8(3)14-17-10)11(16)13-12(6-15)4-5-12/h7,15H,4-6H2,1-3H3,(H,13,16). The van der Waals surface area contributed by atoms with Crippen LogP contribution >= 0.6 is 0 Å². The molecule has 2 N–H and O–H groups in total. The molecule has 1 aromatic heterocycles. The fraction of sp³-hybridized carbons (Fsp3) is 0.667. The molecule has 1 fully saturated rings. The lowest BCUT2D eigenvalue weighted by molar-refractivity contribution is 0.0903. The van der Waals surface area contributed by atoms with Crippen LogP contribution in [0.4, 0.5) is 0 Å². The first-order chi connectivity index (χ1) is 7.99. The predicted molar refractivity (Wildman–Crippen MR) is 61.8 cm³/mol. The van der Waals surface area contributed by atoms with Crippen LogP contribution in [-0.4, -0.2) is 28.3 Å². The lowest BCUT2D eigenvalue weighted by Gasteiger charge is -2.14. The normalized spacial score (nSPS) is 17.2. The average Bonchev–Trinajstić information content (AvgIpc) is 2.92. The first kappa shape index (κ1) is 12.1. The fourth-order valence-electron chi connectivity index (χ4n) is 1.83. The predicted octanol–water partition coefficient (Wildman–Crippen LogP) is 1.36. The number of amides is 1. The van der Waals surface area contributed by atoms with E-state index < -0.39 is 5.54 Å². The van der Waals surface area contributed by atoms with Crippen LogP contribution in [0.1, 0.15) is 54.4 Å². The maximum atomic E-state index is 12.1. The molecular formula is C12H18N2O3. The van der Waals surface area contributed by atoms with Crippen molar-refractivity contribution >= 4 is 5.91 Å². The van der Waals surface area contributed by atoms with E-state index in [2.05, 4.69) is 10.5 Å². The second kappa shape index (κ2) is 4.14. The van der Waals surface area contributed by atoms with E-state index in [4.69, 9.17) is 4.52 Å². The smallest absolute Gasteiger partial charge is 0.257 e. The highest BCUT2D eigenvalue weighted by Gasteiger charge is 2.44. The number of nitrogens with zero attached hydrogens (tertiary/aromatic N) is 1. The van der Waals surface area contributed by atoms with Gasteiger partial charge in [-0.2, -0.15) is 0 Å². The van der Waals surface area contributed by atoms with Crippen molar-refractivity contribution < 1.29 is 14.4 Å². The molecule has 5 nitrogen and oxygen atoms in total. The number of aryl methyl sites for hydroxylation is 1. The molecule has 1 amide bonds. The summed E-state index contributed by atoms with van der Waals surface area (Å²) in [6.45, 7) is 5.65. The van der Waals surface area contributed by atoms with Gasteiger partial charge in [0.25, 0.3) is 5.91 Å². The molecule has 0 aliphatic heterocycles. The van der Waals surface area contributed by atoms with E-state index in [-0.39, 0.29) is 18.4 Å². The van der Waals surface area contributed by atoms with E-state index in [1.165, 1.54) is 0 Å². The number of nitrogens with one attached hydrogen (secondary N) is 1. The molecule has 0 bridgehead atoms. The number of carbonyl (C=O) groups excluding carboxylic acids is 1. The molecule has 2 rings (SSSR count). The summed E-state index contributed by atoms with van der Waals surface area (Å²) in [5.74, 6) is 0.522. The summed E-state index contributed by atoms with van der Waals surface area (Å²) < 4.78 is 5.17. The summed E-state index contributed by atoms with van der Waals surface area (Å²) in [6.07, 6.45) is 1.66. The highest BCUT2D eigenvalue weighted by atomic mass is 16.5. The Bertz CT molecular complexity index is 433. The van der Waals surface area contributed by atoms with Crippen LogP contribution in [0.3, 0.4) is 0 Å². The average molecular weight is 238 g/mol. The molecular weight excluding hydrogens is 220 g/mol. The van der Waals surface area contributed by atoms with Crippen molar-refractivity contribution in [3.05, 3.63) is 17.0 Å². The van der Waals surface area contributed by atoms with Crippen LogP contribution in [0.5, 0.6) is 0 Å². The van der Waals surface area contributed by atoms with E-state index in [9.17, 15) is 9.90 Å². The number of aromatic nitrogens is 1. The van der Waals surface area contributed by atoms with E-state index in [1.807, 2.05) is 13.8 Å². The molecule has 1 heterocycles. The molecule has 1 aliphatic carbocycles. The van der Waals surface area contributed by atoms with E-state index in [1.54, 1.807) is 6.92 Å².